The predicted molar refractivity (Wildman–Crippen MR) is 141 cm³/mol. The Morgan fingerprint density at radius 3 is 2.21 bits per heavy atom. The number of urea groups is 1. The molecule has 43 heavy (non-hydrogen) atoms. The first-order valence-electron chi connectivity index (χ1n) is 14.0. The van der Waals surface area contributed by atoms with Crippen molar-refractivity contribution in [2.45, 2.75) is 63.6 Å². The van der Waals surface area contributed by atoms with Crippen LogP contribution in [0.2, 0.25) is 0 Å². The number of halogens is 7. The summed E-state index contributed by atoms with van der Waals surface area (Å²) in [5, 5.41) is 9.72. The Morgan fingerprint density at radius 2 is 1.67 bits per heavy atom. The molecular formula is C30H32F7N3O3. The Hall–Kier alpha value is -3.35. The van der Waals surface area contributed by atoms with E-state index in [1.165, 1.54) is 31.0 Å². The van der Waals surface area contributed by atoms with Gasteiger partial charge in [-0.3, -0.25) is 9.69 Å². The largest absolute Gasteiger partial charge is 0.481 e. The van der Waals surface area contributed by atoms with Crippen molar-refractivity contribution in [2.24, 2.45) is 11.3 Å². The number of hydrogen-bond acceptors (Lipinski definition) is 3. The maximum absolute atomic E-state index is 14.0. The average molecular weight is 616 g/mol. The lowest BCUT2D eigenvalue weighted by Gasteiger charge is -2.45. The molecule has 2 amide bonds. The number of likely N-dealkylation sites (tertiary alicyclic amines) is 2. The third-order valence-corrected chi connectivity index (χ3v) is 9.50. The highest BCUT2D eigenvalue weighted by Gasteiger charge is 2.66. The second kappa shape index (κ2) is 10.7. The van der Waals surface area contributed by atoms with Gasteiger partial charge in [0.1, 0.15) is 5.82 Å². The van der Waals surface area contributed by atoms with Gasteiger partial charge in [0.25, 0.3) is 0 Å². The number of alkyl halides is 6. The van der Waals surface area contributed by atoms with Crippen molar-refractivity contribution in [2.75, 3.05) is 26.7 Å². The van der Waals surface area contributed by atoms with Crippen LogP contribution in [0.3, 0.4) is 0 Å². The summed E-state index contributed by atoms with van der Waals surface area (Å²) in [5.41, 5.74) is -2.75. The fourth-order valence-corrected chi connectivity index (χ4v) is 6.76. The molecule has 5 atom stereocenters. The van der Waals surface area contributed by atoms with E-state index >= 15 is 0 Å². The zero-order valence-electron chi connectivity index (χ0n) is 23.8. The van der Waals surface area contributed by atoms with E-state index in [-0.39, 0.29) is 30.1 Å². The highest BCUT2D eigenvalue weighted by Crippen LogP contribution is 2.59. The van der Waals surface area contributed by atoms with Crippen molar-refractivity contribution in [1.82, 2.24) is 14.7 Å². The van der Waals surface area contributed by atoms with Crippen molar-refractivity contribution < 1.29 is 45.4 Å². The first-order chi connectivity index (χ1) is 19.9. The predicted octanol–water partition coefficient (Wildman–Crippen LogP) is 6.90. The summed E-state index contributed by atoms with van der Waals surface area (Å²) in [6.45, 7) is 4.28. The van der Waals surface area contributed by atoms with Crippen molar-refractivity contribution in [3.8, 4) is 0 Å². The van der Waals surface area contributed by atoms with Gasteiger partial charge < -0.3 is 14.9 Å². The van der Waals surface area contributed by atoms with E-state index in [1.54, 1.807) is 13.0 Å². The molecule has 6 nitrogen and oxygen atoms in total. The molecule has 2 heterocycles. The van der Waals surface area contributed by atoms with E-state index in [0.717, 1.165) is 4.90 Å². The molecule has 0 radical (unpaired) electrons. The third-order valence-electron chi connectivity index (χ3n) is 9.50. The minimum atomic E-state index is -5.03. The molecule has 1 N–H and O–H groups in total. The van der Waals surface area contributed by atoms with E-state index < -0.39 is 58.8 Å². The van der Waals surface area contributed by atoms with E-state index in [4.69, 9.17) is 0 Å². The van der Waals surface area contributed by atoms with Gasteiger partial charge in [0, 0.05) is 32.7 Å². The van der Waals surface area contributed by atoms with Gasteiger partial charge in [-0.25, -0.2) is 9.18 Å². The molecule has 2 aromatic rings. The molecular weight excluding hydrogens is 583 g/mol. The number of fused-ring (bicyclic) bond motifs is 1. The van der Waals surface area contributed by atoms with Crippen LogP contribution in [-0.4, -0.2) is 64.5 Å². The average Bonchev–Trinajstić information content (AvgIpc) is 3.51. The van der Waals surface area contributed by atoms with Crippen LogP contribution in [0, 0.1) is 24.1 Å². The molecule has 1 aliphatic carbocycles. The SMILES string of the molecule is Cc1cc(F)ccc1[C@H]1C[C@H](N2C[C@@H]3C[C@]3(C(=O)O)C2)CCN1C(=O)N(C)[C@H](C)c1cc(C(F)(F)F)cc(C(F)(F)F)c1. The zero-order chi connectivity index (χ0) is 31.6. The standard InChI is InChI=1S/C30H32F7N3O3/c1-16-8-22(31)4-5-24(16)25-12-23(39-14-21-13-28(21,15-39)26(41)42)6-7-40(25)27(43)38(3)17(2)18-9-19(29(32,33)34)11-20(10-18)30(35,36)37/h4-5,8-11,17,21,23,25H,6-7,12-15H2,1-3H3,(H,41,42)/t17-,21+,23-,25-,28+/m1/s1. The van der Waals surface area contributed by atoms with Gasteiger partial charge in [0.15, 0.2) is 0 Å². The number of amides is 2. The van der Waals surface area contributed by atoms with E-state index in [9.17, 15) is 45.4 Å². The van der Waals surface area contributed by atoms with Gasteiger partial charge in [-0.15, -0.1) is 0 Å². The van der Waals surface area contributed by atoms with Gasteiger partial charge in [-0.2, -0.15) is 26.3 Å². The normalized spacial score (nSPS) is 26.7. The number of carboxylic acids is 1. The minimum Gasteiger partial charge on any atom is -0.481 e. The van der Waals surface area contributed by atoms with Crippen molar-refractivity contribution >= 4 is 12.0 Å². The summed E-state index contributed by atoms with van der Waals surface area (Å²) >= 11 is 0. The smallest absolute Gasteiger partial charge is 0.416 e. The molecule has 0 aromatic heterocycles. The van der Waals surface area contributed by atoms with E-state index in [2.05, 4.69) is 4.90 Å². The van der Waals surface area contributed by atoms with Crippen LogP contribution in [0.5, 0.6) is 0 Å². The zero-order valence-corrected chi connectivity index (χ0v) is 23.8. The van der Waals surface area contributed by atoms with Gasteiger partial charge >= 0.3 is 24.4 Å². The summed E-state index contributed by atoms with van der Waals surface area (Å²) < 4.78 is 95.0. The van der Waals surface area contributed by atoms with Gasteiger partial charge in [-0.05, 0) is 86.1 Å². The lowest BCUT2D eigenvalue weighted by atomic mass is 9.88. The molecule has 3 fully saturated rings. The quantitative estimate of drug-likeness (QED) is 0.372. The van der Waals surface area contributed by atoms with E-state index in [1.807, 2.05) is 0 Å². The molecule has 0 unspecified atom stereocenters. The summed E-state index contributed by atoms with van der Waals surface area (Å²) in [5.74, 6) is -1.22. The van der Waals surface area contributed by atoms with Crippen molar-refractivity contribution in [3.05, 3.63) is 70.0 Å². The topological polar surface area (TPSA) is 64.1 Å². The molecule has 0 bridgehead atoms. The summed E-state index contributed by atoms with van der Waals surface area (Å²) in [6, 6.07) is 3.07. The number of carboxylic acid groups (broad SMARTS) is 1. The van der Waals surface area contributed by atoms with Crippen LogP contribution in [0.4, 0.5) is 35.5 Å². The van der Waals surface area contributed by atoms with Crippen molar-refractivity contribution in [3.63, 3.8) is 0 Å². The Labute approximate surface area is 244 Å². The number of aliphatic carboxylic acids is 1. The monoisotopic (exact) mass is 615 g/mol. The van der Waals surface area contributed by atoms with Crippen LogP contribution in [0.15, 0.2) is 36.4 Å². The Morgan fingerprint density at radius 1 is 1.05 bits per heavy atom. The number of nitrogens with zero attached hydrogens (tertiary/aromatic N) is 3. The second-order valence-corrected chi connectivity index (χ2v) is 12.1. The molecule has 13 heteroatoms. The number of rotatable bonds is 5. The van der Waals surface area contributed by atoms with Gasteiger partial charge in [0.2, 0.25) is 0 Å². The minimum absolute atomic E-state index is 0.0486. The molecule has 2 aliphatic heterocycles. The molecule has 0 spiro atoms. The lowest BCUT2D eigenvalue weighted by molar-refractivity contribution is -0.144. The Balaban J connectivity index is 1.43. The fourth-order valence-electron chi connectivity index (χ4n) is 6.76. The molecule has 2 saturated heterocycles. The van der Waals surface area contributed by atoms with Crippen LogP contribution >= 0.6 is 0 Å². The third kappa shape index (κ3) is 5.80. The maximum atomic E-state index is 14.0. The number of carbonyl (C=O) groups is 2. The van der Waals surface area contributed by atoms with Crippen molar-refractivity contribution in [1.29, 1.82) is 0 Å². The van der Waals surface area contributed by atoms with Crippen LogP contribution in [0.25, 0.3) is 0 Å². The Bertz CT molecular complexity index is 1400. The van der Waals surface area contributed by atoms with Crippen LogP contribution in [0.1, 0.15) is 66.1 Å². The highest BCUT2D eigenvalue weighted by molar-refractivity contribution is 5.79. The molecule has 2 aromatic carbocycles. The van der Waals surface area contributed by atoms with Crippen LogP contribution < -0.4 is 0 Å². The van der Waals surface area contributed by atoms with E-state index in [0.29, 0.717) is 55.6 Å². The van der Waals surface area contributed by atoms with Gasteiger partial charge in [0.05, 0.1) is 28.6 Å². The number of piperidine rings is 2. The summed E-state index contributed by atoms with van der Waals surface area (Å²) in [6.07, 6.45) is -8.52. The van der Waals surface area contributed by atoms with Gasteiger partial charge in [-0.1, -0.05) is 6.07 Å². The fraction of sp³-hybridized carbons (Fsp3) is 0.533. The summed E-state index contributed by atoms with van der Waals surface area (Å²) in [7, 11) is 1.33. The highest BCUT2D eigenvalue weighted by atomic mass is 19.4. The number of carbonyl (C=O) groups excluding carboxylic acids is 1. The first-order valence-corrected chi connectivity index (χ1v) is 14.0. The lowest BCUT2D eigenvalue weighted by Crippen LogP contribution is -2.52. The second-order valence-electron chi connectivity index (χ2n) is 12.1. The first kappa shape index (κ1) is 31.1. The molecule has 1 saturated carbocycles. The number of hydrogen-bond donors (Lipinski definition) is 1. The number of aryl methyl sites for hydroxylation is 1. The molecule has 234 valence electrons. The Kier molecular flexibility index (Phi) is 7.72. The summed E-state index contributed by atoms with van der Waals surface area (Å²) in [4.78, 5) is 30.5. The maximum Gasteiger partial charge on any atom is 0.416 e. The molecule has 3 aliphatic rings. The van der Waals surface area contributed by atoms with Crippen LogP contribution in [-0.2, 0) is 17.1 Å². The molecule has 5 rings (SSSR count). The number of benzene rings is 2.